The van der Waals surface area contributed by atoms with Gasteiger partial charge in [-0.25, -0.2) is 0 Å². The molecule has 4 nitrogen and oxygen atoms in total. The number of methoxy groups -OCH3 is 1. The summed E-state index contributed by atoms with van der Waals surface area (Å²) in [5.41, 5.74) is 1.34. The molecule has 0 spiro atoms. The van der Waals surface area contributed by atoms with E-state index in [1.54, 1.807) is 7.11 Å². The lowest BCUT2D eigenvalue weighted by Crippen LogP contribution is -2.10. The van der Waals surface area contributed by atoms with E-state index in [0.29, 0.717) is 0 Å². The molecule has 0 aliphatic heterocycles. The summed E-state index contributed by atoms with van der Waals surface area (Å²) in [6, 6.07) is 8.17. The summed E-state index contributed by atoms with van der Waals surface area (Å²) in [7, 11) is 3.64. The molecule has 1 aromatic rings. The molecule has 84 valence electrons. The molecular formula is C11H17NO3. The second-order valence-electron chi connectivity index (χ2n) is 2.81. The summed E-state index contributed by atoms with van der Waals surface area (Å²) < 4.78 is 5.06. The largest absolute Gasteiger partial charge is 0.497 e. The van der Waals surface area contributed by atoms with E-state index < -0.39 is 0 Å². The molecule has 0 saturated carbocycles. The van der Waals surface area contributed by atoms with Gasteiger partial charge in [0.15, 0.2) is 0 Å². The van der Waals surface area contributed by atoms with Crippen molar-refractivity contribution in [3.63, 3.8) is 0 Å². The fraction of sp³-hybridized carbons (Fsp3) is 0.364. The third-order valence-electron chi connectivity index (χ3n) is 1.82. The van der Waals surface area contributed by atoms with Crippen molar-refractivity contribution >= 4 is 6.47 Å². The van der Waals surface area contributed by atoms with Gasteiger partial charge in [0.25, 0.3) is 6.47 Å². The number of rotatable bonds is 4. The lowest BCUT2D eigenvalue weighted by molar-refractivity contribution is -0.122. The first kappa shape index (κ1) is 13.4. The molecule has 0 aliphatic carbocycles. The third-order valence-corrected chi connectivity index (χ3v) is 1.82. The highest BCUT2D eigenvalue weighted by Crippen LogP contribution is 2.11. The molecular weight excluding hydrogens is 194 g/mol. The van der Waals surface area contributed by atoms with Gasteiger partial charge in [-0.1, -0.05) is 12.1 Å². The molecule has 0 aliphatic rings. The number of likely N-dealkylation sites (N-methyl/N-ethyl adjacent to an activating group) is 1. The van der Waals surface area contributed by atoms with E-state index in [1.807, 2.05) is 19.2 Å². The van der Waals surface area contributed by atoms with Crippen LogP contribution in [0, 0.1) is 0 Å². The van der Waals surface area contributed by atoms with Gasteiger partial charge < -0.3 is 15.2 Å². The zero-order valence-corrected chi connectivity index (χ0v) is 9.06. The van der Waals surface area contributed by atoms with E-state index in [2.05, 4.69) is 17.4 Å². The average Bonchev–Trinajstić information content (AvgIpc) is 2.28. The van der Waals surface area contributed by atoms with Crippen molar-refractivity contribution in [3.05, 3.63) is 29.8 Å². The summed E-state index contributed by atoms with van der Waals surface area (Å²) in [5, 5.41) is 10.0. The topological polar surface area (TPSA) is 58.6 Å². The number of carbonyl (C=O) groups is 1. The molecule has 15 heavy (non-hydrogen) atoms. The van der Waals surface area contributed by atoms with E-state index in [9.17, 15) is 0 Å². The van der Waals surface area contributed by atoms with Crippen LogP contribution < -0.4 is 10.1 Å². The van der Waals surface area contributed by atoms with Gasteiger partial charge in [0.05, 0.1) is 7.11 Å². The van der Waals surface area contributed by atoms with E-state index in [0.717, 1.165) is 18.7 Å². The fourth-order valence-corrected chi connectivity index (χ4v) is 1.06. The van der Waals surface area contributed by atoms with E-state index in [-0.39, 0.29) is 6.47 Å². The SMILES string of the molecule is CNCCc1ccc(OC)cc1.O=CO. The number of hydrogen-bond acceptors (Lipinski definition) is 3. The van der Waals surface area contributed by atoms with Crippen LogP contribution in [-0.2, 0) is 11.2 Å². The van der Waals surface area contributed by atoms with Crippen molar-refractivity contribution in [2.75, 3.05) is 20.7 Å². The van der Waals surface area contributed by atoms with Gasteiger partial charge in [0, 0.05) is 0 Å². The van der Waals surface area contributed by atoms with Crippen LogP contribution in [0.15, 0.2) is 24.3 Å². The highest BCUT2D eigenvalue weighted by Gasteiger charge is 1.92. The highest BCUT2D eigenvalue weighted by molar-refractivity contribution is 5.32. The average molecular weight is 211 g/mol. The first-order chi connectivity index (χ1) is 7.28. The Morgan fingerprint density at radius 3 is 2.33 bits per heavy atom. The quantitative estimate of drug-likeness (QED) is 0.734. The second-order valence-corrected chi connectivity index (χ2v) is 2.81. The Labute approximate surface area is 89.9 Å². The Morgan fingerprint density at radius 2 is 1.93 bits per heavy atom. The highest BCUT2D eigenvalue weighted by atomic mass is 16.5. The lowest BCUT2D eigenvalue weighted by atomic mass is 10.1. The summed E-state index contributed by atoms with van der Waals surface area (Å²) in [5.74, 6) is 0.920. The Bertz CT molecular complexity index is 259. The minimum atomic E-state index is -0.250. The molecule has 0 aromatic heterocycles. The van der Waals surface area contributed by atoms with Gasteiger partial charge in [-0.2, -0.15) is 0 Å². The molecule has 0 atom stereocenters. The number of carboxylic acid groups (broad SMARTS) is 1. The number of nitrogens with one attached hydrogen (secondary N) is 1. The van der Waals surface area contributed by atoms with Crippen molar-refractivity contribution in [3.8, 4) is 5.75 Å². The van der Waals surface area contributed by atoms with Crippen LogP contribution in [0.2, 0.25) is 0 Å². The van der Waals surface area contributed by atoms with Gasteiger partial charge in [-0.05, 0) is 37.7 Å². The maximum absolute atomic E-state index is 8.36. The van der Waals surface area contributed by atoms with Crippen molar-refractivity contribution in [2.24, 2.45) is 0 Å². The van der Waals surface area contributed by atoms with Crippen LogP contribution in [-0.4, -0.2) is 32.3 Å². The minimum Gasteiger partial charge on any atom is -0.497 e. The number of ether oxygens (including phenoxy) is 1. The van der Waals surface area contributed by atoms with Crippen molar-refractivity contribution in [1.29, 1.82) is 0 Å². The molecule has 1 rings (SSSR count). The molecule has 0 saturated heterocycles. The van der Waals surface area contributed by atoms with Gasteiger partial charge in [-0.15, -0.1) is 0 Å². The molecule has 1 aromatic carbocycles. The Balaban J connectivity index is 0.000000583. The molecule has 0 fully saturated rings. The standard InChI is InChI=1S/C10H15NO.CH2O2/c1-11-8-7-9-3-5-10(12-2)6-4-9;2-1-3/h3-6,11H,7-8H2,1-2H3;1H,(H,2,3). The smallest absolute Gasteiger partial charge is 0.290 e. The van der Waals surface area contributed by atoms with Crippen LogP contribution in [0.25, 0.3) is 0 Å². The van der Waals surface area contributed by atoms with Crippen LogP contribution in [0.3, 0.4) is 0 Å². The Morgan fingerprint density at radius 1 is 1.40 bits per heavy atom. The van der Waals surface area contributed by atoms with Crippen molar-refractivity contribution < 1.29 is 14.6 Å². The predicted octanol–water partition coefficient (Wildman–Crippen LogP) is 1.16. The number of benzene rings is 1. The summed E-state index contributed by atoms with van der Waals surface area (Å²) >= 11 is 0. The molecule has 0 unspecified atom stereocenters. The third kappa shape index (κ3) is 6.51. The van der Waals surface area contributed by atoms with E-state index >= 15 is 0 Å². The maximum Gasteiger partial charge on any atom is 0.290 e. The lowest BCUT2D eigenvalue weighted by Gasteiger charge is -2.02. The summed E-state index contributed by atoms with van der Waals surface area (Å²) in [6.07, 6.45) is 1.07. The molecule has 0 amide bonds. The fourth-order valence-electron chi connectivity index (χ4n) is 1.06. The zero-order valence-electron chi connectivity index (χ0n) is 9.06. The van der Waals surface area contributed by atoms with Crippen molar-refractivity contribution in [1.82, 2.24) is 5.32 Å². The zero-order chi connectivity index (χ0) is 11.5. The molecule has 4 heteroatoms. The van der Waals surface area contributed by atoms with Crippen LogP contribution >= 0.6 is 0 Å². The normalized spacial score (nSPS) is 8.67. The van der Waals surface area contributed by atoms with Crippen LogP contribution in [0.4, 0.5) is 0 Å². The minimum absolute atomic E-state index is 0.250. The van der Waals surface area contributed by atoms with Gasteiger partial charge in [0.2, 0.25) is 0 Å². The van der Waals surface area contributed by atoms with Crippen LogP contribution in [0.1, 0.15) is 5.56 Å². The van der Waals surface area contributed by atoms with Gasteiger partial charge in [-0.3, -0.25) is 4.79 Å². The molecule has 2 N–H and O–H groups in total. The van der Waals surface area contributed by atoms with Crippen LogP contribution in [0.5, 0.6) is 5.75 Å². The Kier molecular flexibility index (Phi) is 8.09. The van der Waals surface area contributed by atoms with Gasteiger partial charge >= 0.3 is 0 Å². The van der Waals surface area contributed by atoms with Gasteiger partial charge in [0.1, 0.15) is 5.75 Å². The molecule has 0 bridgehead atoms. The van der Waals surface area contributed by atoms with E-state index in [4.69, 9.17) is 14.6 Å². The molecule has 0 heterocycles. The van der Waals surface area contributed by atoms with E-state index in [1.165, 1.54) is 5.56 Å². The Hall–Kier alpha value is -1.55. The predicted molar refractivity (Wildman–Crippen MR) is 59.3 cm³/mol. The monoisotopic (exact) mass is 211 g/mol. The first-order valence-electron chi connectivity index (χ1n) is 4.63. The maximum atomic E-state index is 8.36. The number of hydrogen-bond donors (Lipinski definition) is 2. The van der Waals surface area contributed by atoms with Crippen molar-refractivity contribution in [2.45, 2.75) is 6.42 Å². The second kappa shape index (κ2) is 9.02. The summed E-state index contributed by atoms with van der Waals surface area (Å²) in [4.78, 5) is 8.36. The first-order valence-corrected chi connectivity index (χ1v) is 4.63. The molecule has 0 radical (unpaired) electrons. The summed E-state index contributed by atoms with van der Waals surface area (Å²) in [6.45, 7) is 0.770.